The molecule has 0 atom stereocenters. The fourth-order valence-corrected chi connectivity index (χ4v) is 2.87. The van der Waals surface area contributed by atoms with E-state index in [1.807, 2.05) is 18.2 Å². The number of halogens is 2. The molecule has 0 amide bonds. The summed E-state index contributed by atoms with van der Waals surface area (Å²) < 4.78 is 24.7. The van der Waals surface area contributed by atoms with E-state index in [4.69, 9.17) is 9.47 Å². The van der Waals surface area contributed by atoms with E-state index in [-0.39, 0.29) is 36.4 Å². The lowest BCUT2D eigenvalue weighted by Crippen LogP contribution is -2.36. The topological polar surface area (TPSA) is 54.9 Å². The van der Waals surface area contributed by atoms with Crippen molar-refractivity contribution in [2.45, 2.75) is 32.5 Å². The van der Waals surface area contributed by atoms with Crippen molar-refractivity contribution in [3.05, 3.63) is 65.0 Å². The minimum absolute atomic E-state index is 0. The molecule has 2 aromatic carbocycles. The van der Waals surface area contributed by atoms with Crippen LogP contribution in [0.4, 0.5) is 4.39 Å². The molecule has 1 fully saturated rings. The van der Waals surface area contributed by atoms with Crippen LogP contribution in [0.2, 0.25) is 0 Å². The van der Waals surface area contributed by atoms with Crippen LogP contribution in [0.25, 0.3) is 0 Å². The zero-order chi connectivity index (χ0) is 19.8. The molecule has 3 rings (SSSR count). The van der Waals surface area contributed by atoms with Crippen molar-refractivity contribution in [1.82, 2.24) is 10.6 Å². The van der Waals surface area contributed by atoms with Crippen LogP contribution in [0.15, 0.2) is 47.5 Å². The standard InChI is InChI=1S/C22H28FN3O2.HI/c1-24-22(25-12-17-9-10-20(23)19(11-17)15-27-2)26-13-18-5-3-4-6-21(18)28-14-16-7-8-16;/h3-6,9-11,16H,7-8,12-15H2,1-2H3,(H2,24,25,26);1H. The molecular weight excluding hydrogens is 484 g/mol. The van der Waals surface area contributed by atoms with E-state index in [2.05, 4.69) is 21.7 Å². The first-order valence-electron chi connectivity index (χ1n) is 9.61. The highest BCUT2D eigenvalue weighted by molar-refractivity contribution is 14.0. The summed E-state index contributed by atoms with van der Waals surface area (Å²) in [6, 6.07) is 13.1. The lowest BCUT2D eigenvalue weighted by Gasteiger charge is -2.15. The van der Waals surface area contributed by atoms with Gasteiger partial charge in [-0.3, -0.25) is 4.99 Å². The molecule has 0 bridgehead atoms. The summed E-state index contributed by atoms with van der Waals surface area (Å²) in [6.45, 7) is 2.19. The Morgan fingerprint density at radius 1 is 1.10 bits per heavy atom. The Morgan fingerprint density at radius 2 is 1.86 bits per heavy atom. The van der Waals surface area contributed by atoms with E-state index in [0.717, 1.165) is 23.5 Å². The predicted molar refractivity (Wildman–Crippen MR) is 124 cm³/mol. The zero-order valence-electron chi connectivity index (χ0n) is 16.9. The first kappa shape index (κ1) is 23.4. The second kappa shape index (κ2) is 12.0. The molecule has 0 unspecified atom stereocenters. The molecule has 1 aliphatic carbocycles. The second-order valence-corrected chi connectivity index (χ2v) is 7.00. The smallest absolute Gasteiger partial charge is 0.191 e. The molecule has 1 saturated carbocycles. The molecule has 0 spiro atoms. The van der Waals surface area contributed by atoms with Crippen molar-refractivity contribution in [3.63, 3.8) is 0 Å². The molecule has 2 aromatic rings. The van der Waals surface area contributed by atoms with E-state index < -0.39 is 0 Å². The first-order valence-corrected chi connectivity index (χ1v) is 9.61. The number of guanidine groups is 1. The molecule has 2 N–H and O–H groups in total. The molecule has 0 aliphatic heterocycles. The van der Waals surface area contributed by atoms with Gasteiger partial charge in [0.1, 0.15) is 11.6 Å². The van der Waals surface area contributed by atoms with Gasteiger partial charge in [0.05, 0.1) is 13.2 Å². The lowest BCUT2D eigenvalue weighted by molar-refractivity contribution is 0.181. The number of nitrogens with one attached hydrogen (secondary N) is 2. The SMILES string of the molecule is CN=C(NCc1ccc(F)c(COC)c1)NCc1ccccc1OCC1CC1.I. The predicted octanol–water partition coefficient (Wildman–Crippen LogP) is 4.24. The van der Waals surface area contributed by atoms with Crippen molar-refractivity contribution >= 4 is 29.9 Å². The fourth-order valence-electron chi connectivity index (χ4n) is 2.87. The van der Waals surface area contributed by atoms with Gasteiger partial charge in [-0.15, -0.1) is 24.0 Å². The Balaban J connectivity index is 0.00000300. The van der Waals surface area contributed by atoms with Gasteiger partial charge in [-0.2, -0.15) is 0 Å². The van der Waals surface area contributed by atoms with Gasteiger partial charge in [0, 0.05) is 38.4 Å². The Labute approximate surface area is 189 Å². The zero-order valence-corrected chi connectivity index (χ0v) is 19.2. The van der Waals surface area contributed by atoms with Crippen molar-refractivity contribution in [3.8, 4) is 5.75 Å². The third-order valence-corrected chi connectivity index (χ3v) is 4.68. The highest BCUT2D eigenvalue weighted by atomic mass is 127. The minimum Gasteiger partial charge on any atom is -0.493 e. The maximum atomic E-state index is 13.7. The van der Waals surface area contributed by atoms with Gasteiger partial charge in [-0.1, -0.05) is 24.3 Å². The van der Waals surface area contributed by atoms with Crippen LogP contribution >= 0.6 is 24.0 Å². The van der Waals surface area contributed by atoms with E-state index >= 15 is 0 Å². The number of methoxy groups -OCH3 is 1. The van der Waals surface area contributed by atoms with Crippen molar-refractivity contribution < 1.29 is 13.9 Å². The molecule has 5 nitrogen and oxygen atoms in total. The summed E-state index contributed by atoms with van der Waals surface area (Å²) in [6.07, 6.45) is 2.54. The molecular formula is C22H29FIN3O2. The van der Waals surface area contributed by atoms with Gasteiger partial charge < -0.3 is 20.1 Å². The lowest BCUT2D eigenvalue weighted by atomic mass is 10.1. The number of rotatable bonds is 9. The van der Waals surface area contributed by atoms with E-state index in [9.17, 15) is 4.39 Å². The summed E-state index contributed by atoms with van der Waals surface area (Å²) in [5, 5.41) is 6.57. The van der Waals surface area contributed by atoms with Gasteiger partial charge in [0.2, 0.25) is 0 Å². The number of aliphatic imine (C=N–C) groups is 1. The monoisotopic (exact) mass is 513 g/mol. The summed E-state index contributed by atoms with van der Waals surface area (Å²) in [7, 11) is 3.29. The molecule has 0 radical (unpaired) electrons. The molecule has 0 aromatic heterocycles. The maximum absolute atomic E-state index is 13.7. The van der Waals surface area contributed by atoms with Crippen molar-refractivity contribution in [1.29, 1.82) is 0 Å². The van der Waals surface area contributed by atoms with E-state index in [1.54, 1.807) is 26.3 Å². The van der Waals surface area contributed by atoms with Gasteiger partial charge in [-0.25, -0.2) is 4.39 Å². The maximum Gasteiger partial charge on any atom is 0.191 e. The summed E-state index contributed by atoms with van der Waals surface area (Å²) >= 11 is 0. The average Bonchev–Trinajstić information content (AvgIpc) is 3.54. The van der Waals surface area contributed by atoms with Crippen LogP contribution in [0.3, 0.4) is 0 Å². The normalized spacial score (nSPS) is 13.6. The van der Waals surface area contributed by atoms with E-state index in [0.29, 0.717) is 30.5 Å². The number of hydrogen-bond donors (Lipinski definition) is 2. The Hall–Kier alpha value is -1.87. The Kier molecular flexibility index (Phi) is 9.66. The van der Waals surface area contributed by atoms with Crippen LogP contribution < -0.4 is 15.4 Å². The third kappa shape index (κ3) is 7.47. The van der Waals surface area contributed by atoms with Crippen LogP contribution in [-0.4, -0.2) is 26.7 Å². The number of benzene rings is 2. The number of para-hydroxylation sites is 1. The van der Waals surface area contributed by atoms with Gasteiger partial charge in [0.15, 0.2) is 5.96 Å². The average molecular weight is 513 g/mol. The molecule has 0 saturated heterocycles. The summed E-state index contributed by atoms with van der Waals surface area (Å²) in [5.41, 5.74) is 2.60. The fraction of sp³-hybridized carbons (Fsp3) is 0.409. The first-order chi connectivity index (χ1) is 13.7. The van der Waals surface area contributed by atoms with Crippen LogP contribution in [-0.2, 0) is 24.4 Å². The number of nitrogens with zero attached hydrogens (tertiary/aromatic N) is 1. The van der Waals surface area contributed by atoms with Crippen LogP contribution in [0.1, 0.15) is 29.5 Å². The largest absolute Gasteiger partial charge is 0.493 e. The van der Waals surface area contributed by atoms with Crippen LogP contribution in [0.5, 0.6) is 5.75 Å². The number of ether oxygens (including phenoxy) is 2. The Morgan fingerprint density at radius 3 is 2.59 bits per heavy atom. The van der Waals surface area contributed by atoms with E-state index in [1.165, 1.54) is 18.9 Å². The molecule has 158 valence electrons. The molecule has 7 heteroatoms. The second-order valence-electron chi connectivity index (χ2n) is 7.00. The summed E-state index contributed by atoms with van der Waals surface area (Å²) in [5.74, 6) is 2.06. The quantitative estimate of drug-likeness (QED) is 0.299. The van der Waals surface area contributed by atoms with Crippen molar-refractivity contribution in [2.24, 2.45) is 10.9 Å². The highest BCUT2D eigenvalue weighted by Gasteiger charge is 2.22. The summed E-state index contributed by atoms with van der Waals surface area (Å²) in [4.78, 5) is 4.26. The molecule has 29 heavy (non-hydrogen) atoms. The molecule has 1 aliphatic rings. The third-order valence-electron chi connectivity index (χ3n) is 4.68. The minimum atomic E-state index is -0.254. The van der Waals surface area contributed by atoms with Gasteiger partial charge in [0.25, 0.3) is 0 Å². The number of hydrogen-bond acceptors (Lipinski definition) is 3. The Bertz CT molecular complexity index is 812. The van der Waals surface area contributed by atoms with Crippen LogP contribution in [0, 0.1) is 11.7 Å². The highest BCUT2D eigenvalue weighted by Crippen LogP contribution is 2.30. The molecule has 0 heterocycles. The van der Waals surface area contributed by atoms with Gasteiger partial charge in [-0.05, 0) is 42.5 Å². The van der Waals surface area contributed by atoms with Crippen molar-refractivity contribution in [2.75, 3.05) is 20.8 Å². The van der Waals surface area contributed by atoms with Gasteiger partial charge >= 0.3 is 0 Å².